The summed E-state index contributed by atoms with van der Waals surface area (Å²) >= 11 is 0. The van der Waals surface area contributed by atoms with Crippen LogP contribution in [0.1, 0.15) is 21.5 Å². The molecule has 180 valence electrons. The number of nitrogens with one attached hydrogen (secondary N) is 1. The second-order valence-electron chi connectivity index (χ2n) is 7.95. The van der Waals surface area contributed by atoms with Gasteiger partial charge in [-0.15, -0.1) is 0 Å². The van der Waals surface area contributed by atoms with Crippen LogP contribution in [0.2, 0.25) is 0 Å². The fourth-order valence-electron chi connectivity index (χ4n) is 3.89. The molecule has 0 bridgehead atoms. The average Bonchev–Trinajstić information content (AvgIpc) is 2.90. The minimum Gasteiger partial charge on any atom is -0.491 e. The number of para-hydroxylation sites is 1. The first-order valence-electron chi connectivity index (χ1n) is 11.1. The van der Waals surface area contributed by atoms with Crippen molar-refractivity contribution in [2.45, 2.75) is 19.5 Å². The molecule has 0 fully saturated rings. The first kappa shape index (κ1) is 23.9. The summed E-state index contributed by atoms with van der Waals surface area (Å²) in [5, 5.41) is 18.1. The summed E-state index contributed by atoms with van der Waals surface area (Å²) < 4.78 is 8.15. The molecular formula is C26H25N3O6. The SMILES string of the molecule is O=C(NO)c1ccc(Cn2c(=O)n(CCc3ccc(OCCO)cc3)c(=O)c3ccccc32)cc1. The fraction of sp³-hybridized carbons (Fsp3) is 0.192. The van der Waals surface area contributed by atoms with E-state index in [0.717, 1.165) is 11.1 Å². The van der Waals surface area contributed by atoms with Gasteiger partial charge in [0.25, 0.3) is 11.5 Å². The number of nitrogens with zero attached hydrogens (tertiary/aromatic N) is 2. The molecule has 9 heteroatoms. The van der Waals surface area contributed by atoms with Crippen molar-refractivity contribution in [2.75, 3.05) is 13.2 Å². The minimum atomic E-state index is -0.624. The Kier molecular flexibility index (Phi) is 7.39. The van der Waals surface area contributed by atoms with E-state index < -0.39 is 11.6 Å². The van der Waals surface area contributed by atoms with Gasteiger partial charge in [-0.25, -0.2) is 10.3 Å². The molecule has 0 saturated carbocycles. The van der Waals surface area contributed by atoms with Gasteiger partial charge in [-0.05, 0) is 53.9 Å². The van der Waals surface area contributed by atoms with E-state index in [1.165, 1.54) is 4.57 Å². The third-order valence-corrected chi connectivity index (χ3v) is 5.70. The Balaban J connectivity index is 1.64. The molecule has 0 aliphatic rings. The number of hydrogen-bond acceptors (Lipinski definition) is 6. The highest BCUT2D eigenvalue weighted by Crippen LogP contribution is 2.14. The van der Waals surface area contributed by atoms with Crippen molar-refractivity contribution in [3.05, 3.63) is 110 Å². The largest absolute Gasteiger partial charge is 0.491 e. The van der Waals surface area contributed by atoms with Crippen molar-refractivity contribution >= 4 is 16.8 Å². The normalized spacial score (nSPS) is 10.9. The van der Waals surface area contributed by atoms with E-state index >= 15 is 0 Å². The maximum Gasteiger partial charge on any atom is 0.331 e. The second-order valence-corrected chi connectivity index (χ2v) is 7.95. The molecule has 0 radical (unpaired) electrons. The monoisotopic (exact) mass is 475 g/mol. The molecule has 4 aromatic rings. The van der Waals surface area contributed by atoms with E-state index in [2.05, 4.69) is 0 Å². The summed E-state index contributed by atoms with van der Waals surface area (Å²) in [6, 6.07) is 20.8. The van der Waals surface area contributed by atoms with Crippen LogP contribution in [0.4, 0.5) is 0 Å². The lowest BCUT2D eigenvalue weighted by Gasteiger charge is -2.15. The maximum atomic E-state index is 13.4. The number of carbonyl (C=O) groups is 1. The van der Waals surface area contributed by atoms with Crippen LogP contribution >= 0.6 is 0 Å². The van der Waals surface area contributed by atoms with Crippen molar-refractivity contribution in [1.82, 2.24) is 14.6 Å². The molecule has 0 aliphatic heterocycles. The van der Waals surface area contributed by atoms with Gasteiger partial charge in [0.2, 0.25) is 0 Å². The van der Waals surface area contributed by atoms with Crippen LogP contribution in [0.5, 0.6) is 5.75 Å². The van der Waals surface area contributed by atoms with Crippen molar-refractivity contribution in [3.8, 4) is 5.75 Å². The summed E-state index contributed by atoms with van der Waals surface area (Å²) in [5.74, 6) is 0.0104. The Morgan fingerprint density at radius 2 is 1.57 bits per heavy atom. The summed E-state index contributed by atoms with van der Waals surface area (Å²) in [4.78, 5) is 38.1. The molecule has 3 aromatic carbocycles. The first-order valence-corrected chi connectivity index (χ1v) is 11.1. The Morgan fingerprint density at radius 3 is 2.26 bits per heavy atom. The van der Waals surface area contributed by atoms with Gasteiger partial charge < -0.3 is 9.84 Å². The second kappa shape index (κ2) is 10.8. The molecule has 1 aromatic heterocycles. The first-order chi connectivity index (χ1) is 17.0. The summed E-state index contributed by atoms with van der Waals surface area (Å²) in [6.07, 6.45) is 0.471. The summed E-state index contributed by atoms with van der Waals surface area (Å²) in [7, 11) is 0. The number of hydroxylamine groups is 1. The minimum absolute atomic E-state index is 0.0684. The van der Waals surface area contributed by atoms with Crippen LogP contribution < -0.4 is 21.5 Å². The Bertz CT molecular complexity index is 1440. The molecule has 35 heavy (non-hydrogen) atoms. The highest BCUT2D eigenvalue weighted by molar-refractivity contribution is 5.93. The molecule has 1 heterocycles. The topological polar surface area (TPSA) is 123 Å². The number of aromatic nitrogens is 2. The van der Waals surface area contributed by atoms with Gasteiger partial charge in [0, 0.05) is 12.1 Å². The molecule has 4 rings (SSSR count). The smallest absolute Gasteiger partial charge is 0.331 e. The van der Waals surface area contributed by atoms with Gasteiger partial charge in [-0.2, -0.15) is 0 Å². The summed E-state index contributed by atoms with van der Waals surface area (Å²) in [6.45, 7) is 0.552. The lowest BCUT2D eigenvalue weighted by molar-refractivity contribution is 0.0706. The number of fused-ring (bicyclic) bond motifs is 1. The lowest BCUT2D eigenvalue weighted by Crippen LogP contribution is -2.40. The Labute approximate surface area is 200 Å². The highest BCUT2D eigenvalue weighted by atomic mass is 16.5. The number of ether oxygens (including phenoxy) is 1. The molecule has 9 nitrogen and oxygen atoms in total. The van der Waals surface area contributed by atoms with E-state index in [1.54, 1.807) is 70.7 Å². The van der Waals surface area contributed by atoms with Crippen LogP contribution in [0.15, 0.2) is 82.4 Å². The van der Waals surface area contributed by atoms with E-state index in [1.807, 2.05) is 12.1 Å². The van der Waals surface area contributed by atoms with Crippen molar-refractivity contribution in [3.63, 3.8) is 0 Å². The van der Waals surface area contributed by atoms with Crippen LogP contribution in [0.3, 0.4) is 0 Å². The number of amides is 1. The van der Waals surface area contributed by atoms with E-state index in [4.69, 9.17) is 15.1 Å². The Morgan fingerprint density at radius 1 is 0.886 bits per heavy atom. The zero-order valence-electron chi connectivity index (χ0n) is 18.9. The van der Waals surface area contributed by atoms with Gasteiger partial charge in [-0.1, -0.05) is 36.4 Å². The van der Waals surface area contributed by atoms with Crippen molar-refractivity contribution in [1.29, 1.82) is 0 Å². The van der Waals surface area contributed by atoms with E-state index in [9.17, 15) is 14.4 Å². The number of aliphatic hydroxyl groups is 1. The van der Waals surface area contributed by atoms with Crippen LogP contribution in [0, 0.1) is 0 Å². The van der Waals surface area contributed by atoms with Crippen LogP contribution in [-0.2, 0) is 19.5 Å². The maximum absolute atomic E-state index is 13.4. The zero-order chi connectivity index (χ0) is 24.8. The molecule has 3 N–H and O–H groups in total. The predicted molar refractivity (Wildman–Crippen MR) is 130 cm³/mol. The van der Waals surface area contributed by atoms with E-state index in [-0.39, 0.29) is 37.4 Å². The lowest BCUT2D eigenvalue weighted by atomic mass is 10.1. The van der Waals surface area contributed by atoms with Crippen molar-refractivity contribution in [2.24, 2.45) is 0 Å². The molecule has 1 amide bonds. The molecule has 0 spiro atoms. The molecular weight excluding hydrogens is 450 g/mol. The number of aliphatic hydroxyl groups excluding tert-OH is 1. The van der Waals surface area contributed by atoms with Crippen LogP contribution in [-0.4, -0.2) is 38.6 Å². The molecule has 0 aliphatic carbocycles. The Hall–Kier alpha value is -4.21. The third kappa shape index (κ3) is 5.32. The predicted octanol–water partition coefficient (Wildman–Crippen LogP) is 1.94. The average molecular weight is 476 g/mol. The van der Waals surface area contributed by atoms with E-state index in [0.29, 0.717) is 23.1 Å². The van der Waals surface area contributed by atoms with Gasteiger partial charge >= 0.3 is 5.69 Å². The van der Waals surface area contributed by atoms with Gasteiger partial charge in [0.15, 0.2) is 0 Å². The quantitative estimate of drug-likeness (QED) is 0.251. The van der Waals surface area contributed by atoms with Gasteiger partial charge in [-0.3, -0.25) is 23.9 Å². The number of rotatable bonds is 9. The molecule has 0 saturated heterocycles. The third-order valence-electron chi connectivity index (χ3n) is 5.70. The van der Waals surface area contributed by atoms with Gasteiger partial charge in [0.05, 0.1) is 24.1 Å². The number of carbonyl (C=O) groups excluding carboxylic acids is 1. The van der Waals surface area contributed by atoms with Crippen molar-refractivity contribution < 1.29 is 19.8 Å². The summed E-state index contributed by atoms with van der Waals surface area (Å²) in [5.41, 5.74) is 3.33. The molecule has 0 unspecified atom stereocenters. The number of aryl methyl sites for hydroxylation is 1. The zero-order valence-corrected chi connectivity index (χ0v) is 18.9. The van der Waals surface area contributed by atoms with Crippen LogP contribution in [0.25, 0.3) is 10.9 Å². The van der Waals surface area contributed by atoms with Gasteiger partial charge in [0.1, 0.15) is 12.4 Å². The molecule has 0 atom stereocenters. The standard InChI is InChI=1S/C26H25N3O6/c30-15-16-35-21-11-7-18(8-12-21)13-14-28-25(32)22-3-1-2-4-23(22)29(26(28)33)17-19-5-9-20(10-6-19)24(31)27-34/h1-12,30,34H,13-17H2,(H,27,31). The highest BCUT2D eigenvalue weighted by Gasteiger charge is 2.14. The number of hydrogen-bond donors (Lipinski definition) is 3. The fourth-order valence-corrected chi connectivity index (χ4v) is 3.89. The number of benzene rings is 3.